The molecule has 55 heavy (non-hydrogen) atoms. The molecule has 0 bridgehead atoms. The van der Waals surface area contributed by atoms with Gasteiger partial charge in [0.2, 0.25) is 5.60 Å². The number of phenols is 1. The summed E-state index contributed by atoms with van der Waals surface area (Å²) in [5.74, 6) is -7.48. The number of carboxylic acids is 1. The molecule has 1 aliphatic rings. The van der Waals surface area contributed by atoms with E-state index in [-0.39, 0.29) is 77.4 Å². The molecule has 0 radical (unpaired) electrons. The average molecular weight is 834 g/mol. The second-order valence-corrected chi connectivity index (χ2v) is 13.8. The predicted octanol–water partition coefficient (Wildman–Crippen LogP) is 7.47. The van der Waals surface area contributed by atoms with Gasteiger partial charge in [0.15, 0.2) is 11.5 Å². The van der Waals surface area contributed by atoms with Gasteiger partial charge >= 0.3 is 30.1 Å². The Morgan fingerprint density at radius 2 is 1.25 bits per heavy atom. The van der Waals surface area contributed by atoms with Crippen molar-refractivity contribution in [2.75, 3.05) is 7.11 Å². The maximum atomic E-state index is 14.1. The summed E-state index contributed by atoms with van der Waals surface area (Å²) >= 11 is 3.15. The fourth-order valence-corrected chi connectivity index (χ4v) is 6.95. The SMILES string of the molecule is COC1=CC(=O)C=C(C)[C@]1(O)C(=O)Oc1c(C)c(C)c(C(=O)Oc2cc(C)c(C(=O)Oc3c(C)c(C)c(C(=O)O)c(C(F)(F)F)c3C)c(C)c2C)c(O)c1Br. The molecule has 3 aromatic rings. The van der Waals surface area contributed by atoms with Crippen LogP contribution in [-0.2, 0) is 20.5 Å². The van der Waals surface area contributed by atoms with Crippen LogP contribution in [0, 0.1) is 55.4 Å². The molecule has 1 atom stereocenters. The van der Waals surface area contributed by atoms with Gasteiger partial charge in [-0.15, -0.1) is 0 Å². The van der Waals surface area contributed by atoms with Crippen LogP contribution in [0.1, 0.15) is 88.1 Å². The number of rotatable bonds is 8. The van der Waals surface area contributed by atoms with E-state index in [4.69, 9.17) is 18.9 Å². The first-order valence-electron chi connectivity index (χ1n) is 16.3. The van der Waals surface area contributed by atoms with Crippen molar-refractivity contribution < 1.29 is 71.4 Å². The normalized spacial score (nSPS) is 15.6. The Kier molecular flexibility index (Phi) is 11.5. The fraction of sp³-hybridized carbons (Fsp3) is 0.308. The molecule has 0 amide bonds. The number of phenolic OH excluding ortho intramolecular Hbond substituents is 1. The molecule has 0 aromatic heterocycles. The maximum absolute atomic E-state index is 14.1. The number of carbonyl (C=O) groups excluding carboxylic acids is 4. The molecule has 12 nitrogen and oxygen atoms in total. The topological polar surface area (TPSA) is 183 Å². The molecule has 4 rings (SSSR count). The number of allylic oxidation sites excluding steroid dienone is 2. The molecule has 292 valence electrons. The molecule has 16 heteroatoms. The number of halogens is 4. The van der Waals surface area contributed by atoms with Gasteiger partial charge in [0.25, 0.3) is 0 Å². The van der Waals surface area contributed by atoms with Crippen molar-refractivity contribution in [2.45, 2.75) is 74.1 Å². The van der Waals surface area contributed by atoms with E-state index in [0.29, 0.717) is 0 Å². The average Bonchev–Trinajstić information content (AvgIpc) is 3.08. The summed E-state index contributed by atoms with van der Waals surface area (Å²) in [4.78, 5) is 64.3. The lowest BCUT2D eigenvalue weighted by Crippen LogP contribution is -2.47. The Hall–Kier alpha value is -5.48. The van der Waals surface area contributed by atoms with Gasteiger partial charge in [0, 0.05) is 11.6 Å². The molecule has 0 unspecified atom stereocenters. The molecule has 0 heterocycles. The van der Waals surface area contributed by atoms with E-state index < -0.39 is 69.6 Å². The van der Waals surface area contributed by atoms with Crippen LogP contribution in [0.15, 0.2) is 34.0 Å². The zero-order valence-electron chi connectivity index (χ0n) is 31.3. The summed E-state index contributed by atoms with van der Waals surface area (Å²) in [5, 5.41) is 32.0. The van der Waals surface area contributed by atoms with Crippen LogP contribution in [0.25, 0.3) is 0 Å². The quantitative estimate of drug-likeness (QED) is 0.151. The first kappa shape index (κ1) is 42.3. The number of aryl methyl sites for hydroxylation is 1. The first-order chi connectivity index (χ1) is 25.3. The highest BCUT2D eigenvalue weighted by atomic mass is 79.9. The maximum Gasteiger partial charge on any atom is 0.417 e. The van der Waals surface area contributed by atoms with Crippen LogP contribution in [-0.4, -0.2) is 57.7 Å². The highest BCUT2D eigenvalue weighted by Gasteiger charge is 2.48. The summed E-state index contributed by atoms with van der Waals surface area (Å²) in [5.41, 5.74) is -5.09. The number of carboxylic acid groups (broad SMARTS) is 1. The van der Waals surface area contributed by atoms with E-state index in [2.05, 4.69) is 15.9 Å². The smallest absolute Gasteiger partial charge is 0.417 e. The number of alkyl halides is 3. The van der Waals surface area contributed by atoms with Crippen LogP contribution < -0.4 is 14.2 Å². The van der Waals surface area contributed by atoms with Gasteiger partial charge in [-0.25, -0.2) is 19.2 Å². The number of ketones is 1. The van der Waals surface area contributed by atoms with Crippen molar-refractivity contribution in [1.82, 2.24) is 0 Å². The van der Waals surface area contributed by atoms with E-state index >= 15 is 0 Å². The summed E-state index contributed by atoms with van der Waals surface area (Å²) in [6.45, 7) is 12.3. The molecule has 3 aromatic carbocycles. The van der Waals surface area contributed by atoms with E-state index in [1.165, 1.54) is 61.5 Å². The Morgan fingerprint density at radius 3 is 1.80 bits per heavy atom. The minimum absolute atomic E-state index is 0.0242. The molecule has 0 aliphatic heterocycles. The van der Waals surface area contributed by atoms with Crippen LogP contribution in [0.4, 0.5) is 13.2 Å². The van der Waals surface area contributed by atoms with Crippen molar-refractivity contribution in [1.29, 1.82) is 0 Å². The minimum Gasteiger partial charge on any atom is -0.506 e. The van der Waals surface area contributed by atoms with Gasteiger partial charge in [-0.2, -0.15) is 13.2 Å². The van der Waals surface area contributed by atoms with Crippen molar-refractivity contribution >= 4 is 45.6 Å². The standard InChI is InChI=1S/C39H36BrF3O12/c1-14-11-24(16(3)17(4)26(14)35(48)54-32-20(7)18(5)27(34(46)47)29(22(32)9)39(41,42)43)53-36(49)28-19(6)21(8)33(30(40)31(28)45)55-37(50)38(51)15(2)12-23(44)13-25(38)52-10/h11-13,45,51H,1-10H3,(H,46,47)/t38-/m1/s1. The van der Waals surface area contributed by atoms with E-state index in [1.54, 1.807) is 0 Å². The molecule has 1 aliphatic carbocycles. The molecule has 0 saturated carbocycles. The highest BCUT2D eigenvalue weighted by molar-refractivity contribution is 9.10. The largest absolute Gasteiger partial charge is 0.506 e. The number of aromatic hydroxyl groups is 1. The summed E-state index contributed by atoms with van der Waals surface area (Å²) < 4.78 is 63.7. The zero-order valence-corrected chi connectivity index (χ0v) is 32.8. The van der Waals surface area contributed by atoms with Crippen molar-refractivity contribution in [3.63, 3.8) is 0 Å². The van der Waals surface area contributed by atoms with Gasteiger partial charge in [0.05, 0.1) is 23.8 Å². The molecular weight excluding hydrogens is 797 g/mol. The Bertz CT molecular complexity index is 2270. The number of benzene rings is 3. The number of hydrogen-bond donors (Lipinski definition) is 3. The van der Waals surface area contributed by atoms with Gasteiger partial charge in [-0.05, 0) is 135 Å². The van der Waals surface area contributed by atoms with Crippen molar-refractivity contribution in [3.8, 4) is 23.0 Å². The monoisotopic (exact) mass is 832 g/mol. The third-order valence-electron chi connectivity index (χ3n) is 9.79. The van der Waals surface area contributed by atoms with Crippen LogP contribution in [0.2, 0.25) is 0 Å². The Balaban J connectivity index is 1.69. The molecular formula is C39H36BrF3O12. The Labute approximate surface area is 321 Å². The van der Waals surface area contributed by atoms with Gasteiger partial charge in [-0.3, -0.25) is 4.79 Å². The van der Waals surface area contributed by atoms with Gasteiger partial charge in [0.1, 0.15) is 33.0 Å². The van der Waals surface area contributed by atoms with Crippen LogP contribution in [0.3, 0.4) is 0 Å². The zero-order chi connectivity index (χ0) is 41.8. The lowest BCUT2D eigenvalue weighted by molar-refractivity contribution is -0.151. The number of hydrogen-bond acceptors (Lipinski definition) is 11. The second kappa shape index (κ2) is 15.0. The third kappa shape index (κ3) is 7.23. The lowest BCUT2D eigenvalue weighted by atomic mass is 9.87. The lowest BCUT2D eigenvalue weighted by Gasteiger charge is -2.30. The van der Waals surface area contributed by atoms with Crippen LogP contribution >= 0.6 is 15.9 Å². The van der Waals surface area contributed by atoms with E-state index in [1.807, 2.05) is 0 Å². The number of ether oxygens (including phenoxy) is 4. The highest BCUT2D eigenvalue weighted by Crippen LogP contribution is 2.45. The molecule has 0 spiro atoms. The van der Waals surface area contributed by atoms with Gasteiger partial charge < -0.3 is 34.3 Å². The number of methoxy groups -OCH3 is 1. The molecule has 0 saturated heterocycles. The van der Waals surface area contributed by atoms with E-state index in [0.717, 1.165) is 26.2 Å². The summed E-state index contributed by atoms with van der Waals surface area (Å²) in [6, 6.07) is 1.33. The van der Waals surface area contributed by atoms with Crippen molar-refractivity contribution in [3.05, 3.63) is 101 Å². The molecule has 3 N–H and O–H groups in total. The minimum atomic E-state index is -5.07. The summed E-state index contributed by atoms with van der Waals surface area (Å²) in [7, 11) is 1.15. The number of aliphatic hydroxyl groups is 1. The first-order valence-corrected chi connectivity index (χ1v) is 17.1. The summed E-state index contributed by atoms with van der Waals surface area (Å²) in [6.07, 6.45) is -3.11. The number of aromatic carboxylic acids is 1. The Morgan fingerprint density at radius 1 is 0.727 bits per heavy atom. The van der Waals surface area contributed by atoms with Crippen LogP contribution in [0.5, 0.6) is 23.0 Å². The predicted molar refractivity (Wildman–Crippen MR) is 193 cm³/mol. The third-order valence-corrected chi connectivity index (χ3v) is 10.5. The number of esters is 3. The fourth-order valence-electron chi connectivity index (χ4n) is 6.37. The number of carbonyl (C=O) groups is 5. The van der Waals surface area contributed by atoms with Gasteiger partial charge in [-0.1, -0.05) is 0 Å². The van der Waals surface area contributed by atoms with E-state index in [9.17, 15) is 52.5 Å². The molecule has 0 fully saturated rings. The van der Waals surface area contributed by atoms with Crippen molar-refractivity contribution in [2.24, 2.45) is 0 Å². The second-order valence-electron chi connectivity index (χ2n) is 13.0.